The number of alkyl halides is 3. The number of nitrogens with zero attached hydrogens (tertiary/aromatic N) is 1. The number of anilines is 1. The molecule has 6 heteroatoms. The first-order valence-electron chi connectivity index (χ1n) is 7.57. The van der Waals surface area contributed by atoms with E-state index in [-0.39, 0.29) is 5.82 Å². The minimum atomic E-state index is -4.39. The Bertz CT molecular complexity index is 426. The quantitative estimate of drug-likeness (QED) is 0.641. The van der Waals surface area contributed by atoms with Crippen molar-refractivity contribution in [2.24, 2.45) is 0 Å². The number of aromatic nitrogens is 1. The summed E-state index contributed by atoms with van der Waals surface area (Å²) in [6.07, 6.45) is 3.15. The molecule has 1 aliphatic rings. The Morgan fingerprint density at radius 1 is 1.05 bits per heavy atom. The Labute approximate surface area is 123 Å². The molecule has 3 nitrogen and oxygen atoms in total. The van der Waals surface area contributed by atoms with Crippen molar-refractivity contribution < 1.29 is 13.2 Å². The van der Waals surface area contributed by atoms with Gasteiger partial charge in [0.2, 0.25) is 0 Å². The Morgan fingerprint density at radius 3 is 2.43 bits per heavy atom. The number of halogens is 3. The summed E-state index contributed by atoms with van der Waals surface area (Å²) in [6.45, 7) is 1.31. The van der Waals surface area contributed by atoms with Gasteiger partial charge in [-0.2, -0.15) is 13.2 Å². The van der Waals surface area contributed by atoms with Crippen LogP contribution < -0.4 is 10.6 Å². The summed E-state index contributed by atoms with van der Waals surface area (Å²) in [7, 11) is 0. The first kappa shape index (κ1) is 16.1. The van der Waals surface area contributed by atoms with Crippen molar-refractivity contribution in [2.45, 2.75) is 50.7 Å². The summed E-state index contributed by atoms with van der Waals surface area (Å²) in [5.74, 6) is 0.271. The van der Waals surface area contributed by atoms with Crippen LogP contribution in [0.2, 0.25) is 0 Å². The van der Waals surface area contributed by atoms with Crippen LogP contribution in [0.25, 0.3) is 0 Å². The summed E-state index contributed by atoms with van der Waals surface area (Å²) < 4.78 is 37.6. The molecule has 2 N–H and O–H groups in total. The Kier molecular flexibility index (Phi) is 5.85. The standard InChI is InChI=1S/C15H22F3N3/c16-15(17,18)13-8-5-9-14(21-13)20-11-10-19-12-6-3-1-2-4-7-12/h5,8-9,12,19H,1-4,6-7,10-11H2,(H,20,21). The van der Waals surface area contributed by atoms with E-state index in [4.69, 9.17) is 0 Å². The summed E-state index contributed by atoms with van der Waals surface area (Å²) in [5, 5.41) is 6.40. The van der Waals surface area contributed by atoms with Gasteiger partial charge in [-0.1, -0.05) is 31.7 Å². The lowest BCUT2D eigenvalue weighted by molar-refractivity contribution is -0.141. The van der Waals surface area contributed by atoms with Crippen LogP contribution >= 0.6 is 0 Å². The van der Waals surface area contributed by atoms with Gasteiger partial charge < -0.3 is 10.6 Å². The zero-order valence-electron chi connectivity index (χ0n) is 12.0. The van der Waals surface area contributed by atoms with Crippen molar-refractivity contribution in [1.29, 1.82) is 0 Å². The highest BCUT2D eigenvalue weighted by atomic mass is 19.4. The number of hydrogen-bond donors (Lipinski definition) is 2. The number of pyridine rings is 1. The van der Waals surface area contributed by atoms with Crippen molar-refractivity contribution >= 4 is 5.82 Å². The second kappa shape index (κ2) is 7.64. The minimum Gasteiger partial charge on any atom is -0.369 e. The number of nitrogens with one attached hydrogen (secondary N) is 2. The predicted octanol–water partition coefficient (Wildman–Crippen LogP) is 3.82. The highest BCUT2D eigenvalue weighted by Gasteiger charge is 2.32. The molecule has 2 rings (SSSR count). The molecule has 0 amide bonds. The Balaban J connectivity index is 1.73. The van der Waals surface area contributed by atoms with E-state index in [1.54, 1.807) is 6.07 Å². The van der Waals surface area contributed by atoms with E-state index in [9.17, 15) is 13.2 Å². The van der Waals surface area contributed by atoms with Crippen LogP contribution in [0.1, 0.15) is 44.2 Å². The minimum absolute atomic E-state index is 0.271. The van der Waals surface area contributed by atoms with Crippen LogP contribution in [0.4, 0.5) is 19.0 Å². The SMILES string of the molecule is FC(F)(F)c1cccc(NCCNC2CCCCCC2)n1. The van der Waals surface area contributed by atoms with Gasteiger partial charge in [-0.25, -0.2) is 4.98 Å². The third-order valence-electron chi connectivity index (χ3n) is 3.76. The molecular formula is C15H22F3N3. The fraction of sp³-hybridized carbons (Fsp3) is 0.667. The monoisotopic (exact) mass is 301 g/mol. The van der Waals surface area contributed by atoms with Crippen molar-refractivity contribution in [1.82, 2.24) is 10.3 Å². The Morgan fingerprint density at radius 2 is 1.76 bits per heavy atom. The van der Waals surface area contributed by atoms with Crippen LogP contribution in [0.5, 0.6) is 0 Å². The van der Waals surface area contributed by atoms with E-state index in [0.29, 0.717) is 12.6 Å². The van der Waals surface area contributed by atoms with E-state index in [2.05, 4.69) is 15.6 Å². The second-order valence-corrected chi connectivity index (χ2v) is 5.48. The average Bonchev–Trinajstić information content (AvgIpc) is 2.72. The number of hydrogen-bond acceptors (Lipinski definition) is 3. The summed E-state index contributed by atoms with van der Waals surface area (Å²) in [4.78, 5) is 3.58. The Hall–Kier alpha value is -1.30. The van der Waals surface area contributed by atoms with Crippen molar-refractivity contribution in [2.75, 3.05) is 18.4 Å². The van der Waals surface area contributed by atoms with Gasteiger partial charge in [-0.3, -0.25) is 0 Å². The van der Waals surface area contributed by atoms with Crippen LogP contribution in [-0.2, 0) is 6.18 Å². The molecule has 1 aromatic rings. The highest BCUT2D eigenvalue weighted by Crippen LogP contribution is 2.28. The zero-order valence-corrected chi connectivity index (χ0v) is 12.0. The fourth-order valence-corrected chi connectivity index (χ4v) is 2.64. The van der Waals surface area contributed by atoms with Crippen LogP contribution in [0.15, 0.2) is 18.2 Å². The summed E-state index contributed by atoms with van der Waals surface area (Å²) in [6, 6.07) is 4.45. The first-order chi connectivity index (χ1) is 10.1. The van der Waals surface area contributed by atoms with Crippen LogP contribution in [0.3, 0.4) is 0 Å². The van der Waals surface area contributed by atoms with Gasteiger partial charge in [0, 0.05) is 19.1 Å². The van der Waals surface area contributed by atoms with Gasteiger partial charge in [-0.05, 0) is 25.0 Å². The van der Waals surface area contributed by atoms with Gasteiger partial charge in [-0.15, -0.1) is 0 Å². The topological polar surface area (TPSA) is 37.0 Å². The maximum atomic E-state index is 12.5. The van der Waals surface area contributed by atoms with Crippen molar-refractivity contribution in [3.8, 4) is 0 Å². The normalized spacial score (nSPS) is 17.5. The highest BCUT2D eigenvalue weighted by molar-refractivity contribution is 5.35. The van der Waals surface area contributed by atoms with Crippen LogP contribution in [-0.4, -0.2) is 24.1 Å². The molecule has 0 spiro atoms. The molecule has 1 aromatic heterocycles. The maximum absolute atomic E-state index is 12.5. The summed E-state index contributed by atoms with van der Waals surface area (Å²) >= 11 is 0. The lowest BCUT2D eigenvalue weighted by Crippen LogP contribution is -2.32. The molecule has 1 fully saturated rings. The maximum Gasteiger partial charge on any atom is 0.433 e. The molecule has 1 saturated carbocycles. The van der Waals surface area contributed by atoms with E-state index in [0.717, 1.165) is 12.6 Å². The average molecular weight is 301 g/mol. The van der Waals surface area contributed by atoms with E-state index in [1.807, 2.05) is 0 Å². The smallest absolute Gasteiger partial charge is 0.369 e. The predicted molar refractivity (Wildman–Crippen MR) is 77.2 cm³/mol. The molecule has 1 heterocycles. The molecule has 1 aliphatic carbocycles. The molecular weight excluding hydrogens is 279 g/mol. The van der Waals surface area contributed by atoms with E-state index in [1.165, 1.54) is 44.6 Å². The zero-order chi connectivity index (χ0) is 15.1. The molecule has 0 atom stereocenters. The largest absolute Gasteiger partial charge is 0.433 e. The first-order valence-corrected chi connectivity index (χ1v) is 7.57. The molecule has 0 bridgehead atoms. The van der Waals surface area contributed by atoms with Gasteiger partial charge in [0.15, 0.2) is 0 Å². The molecule has 0 radical (unpaired) electrons. The van der Waals surface area contributed by atoms with E-state index >= 15 is 0 Å². The number of rotatable bonds is 5. The molecule has 0 aliphatic heterocycles. The van der Waals surface area contributed by atoms with Gasteiger partial charge in [0.05, 0.1) is 0 Å². The van der Waals surface area contributed by atoms with Crippen molar-refractivity contribution in [3.63, 3.8) is 0 Å². The molecule has 0 aromatic carbocycles. The summed E-state index contributed by atoms with van der Waals surface area (Å²) in [5.41, 5.74) is -0.857. The third-order valence-corrected chi connectivity index (χ3v) is 3.76. The van der Waals surface area contributed by atoms with Crippen LogP contribution in [0, 0.1) is 0 Å². The van der Waals surface area contributed by atoms with E-state index < -0.39 is 11.9 Å². The van der Waals surface area contributed by atoms with Crippen molar-refractivity contribution in [3.05, 3.63) is 23.9 Å². The van der Waals surface area contributed by atoms with Gasteiger partial charge in [0.1, 0.15) is 11.5 Å². The second-order valence-electron chi connectivity index (χ2n) is 5.48. The lowest BCUT2D eigenvalue weighted by Gasteiger charge is -2.16. The third kappa shape index (κ3) is 5.53. The van der Waals surface area contributed by atoms with Gasteiger partial charge in [0.25, 0.3) is 0 Å². The molecule has 0 unspecified atom stereocenters. The molecule has 21 heavy (non-hydrogen) atoms. The fourth-order valence-electron chi connectivity index (χ4n) is 2.64. The lowest BCUT2D eigenvalue weighted by atomic mass is 10.1. The van der Waals surface area contributed by atoms with Gasteiger partial charge >= 0.3 is 6.18 Å². The molecule has 0 saturated heterocycles. The molecule has 118 valence electrons.